The minimum absolute atomic E-state index is 0.121. The lowest BCUT2D eigenvalue weighted by Crippen LogP contribution is -2.28. The van der Waals surface area contributed by atoms with E-state index < -0.39 is 44.5 Å². The highest BCUT2D eigenvalue weighted by Gasteiger charge is 2.37. The number of aromatic nitrogens is 2. The number of esters is 1. The molecule has 3 aromatic heterocycles. The van der Waals surface area contributed by atoms with E-state index >= 15 is 0 Å². The van der Waals surface area contributed by atoms with E-state index in [-0.39, 0.29) is 24.0 Å². The maximum absolute atomic E-state index is 13.5. The van der Waals surface area contributed by atoms with Crippen LogP contribution < -0.4 is 5.32 Å². The molecule has 1 atom stereocenters. The number of nitrogens with zero attached hydrogens (tertiary/aromatic N) is 2. The molecular weight excluding hydrogens is 612 g/mol. The van der Waals surface area contributed by atoms with Crippen molar-refractivity contribution in [3.63, 3.8) is 0 Å². The van der Waals surface area contributed by atoms with Crippen LogP contribution in [-0.4, -0.2) is 43.1 Å². The van der Waals surface area contributed by atoms with Gasteiger partial charge in [0.05, 0.1) is 29.0 Å². The average Bonchev–Trinajstić information content (AvgIpc) is 3.59. The number of nitrogens with one attached hydrogen (secondary N) is 1. The number of carbonyl (C=O) groups excluding carboxylic acids is 2. The van der Waals surface area contributed by atoms with E-state index in [4.69, 9.17) is 4.74 Å². The number of anilines is 1. The Morgan fingerprint density at radius 2 is 1.95 bits per heavy atom. The molecule has 1 amide bonds. The van der Waals surface area contributed by atoms with Crippen molar-refractivity contribution in [1.82, 2.24) is 9.97 Å². The number of hydrogen-bond acceptors (Lipinski definition) is 9. The number of thiophene rings is 2. The van der Waals surface area contributed by atoms with Crippen molar-refractivity contribution in [2.75, 3.05) is 18.2 Å². The van der Waals surface area contributed by atoms with Crippen LogP contribution in [0.15, 0.2) is 28.7 Å². The molecule has 4 rings (SSSR count). The van der Waals surface area contributed by atoms with Gasteiger partial charge in [-0.05, 0) is 60.1 Å². The van der Waals surface area contributed by atoms with E-state index in [1.54, 1.807) is 11.4 Å². The topological polar surface area (TPSA) is 115 Å². The van der Waals surface area contributed by atoms with Crippen LogP contribution in [0.2, 0.25) is 0 Å². The highest BCUT2D eigenvalue weighted by molar-refractivity contribution is 7.91. The number of sulfone groups is 1. The molecule has 0 aliphatic heterocycles. The SMILES string of the molecule is CCC(C)(C)[C@@H]1CCc2c(sc(NC(=O)CCCS(=O)(=O)c3nc(-c4cccs4)cc(C(F)(F)F)n3)c2C(=O)OC)C1. The fraction of sp³-hybridized carbons (Fsp3) is 0.500. The molecule has 1 aliphatic rings. The Labute approximate surface area is 250 Å². The summed E-state index contributed by atoms with van der Waals surface area (Å²) in [6.45, 7) is 6.60. The Morgan fingerprint density at radius 1 is 1.21 bits per heavy atom. The second-order valence-electron chi connectivity index (χ2n) is 10.8. The smallest absolute Gasteiger partial charge is 0.433 e. The summed E-state index contributed by atoms with van der Waals surface area (Å²) in [4.78, 5) is 34.1. The largest absolute Gasteiger partial charge is 0.465 e. The second kappa shape index (κ2) is 12.4. The number of amides is 1. The van der Waals surface area contributed by atoms with Gasteiger partial charge in [0.1, 0.15) is 10.7 Å². The highest BCUT2D eigenvalue weighted by Crippen LogP contribution is 2.45. The number of halogens is 3. The predicted octanol–water partition coefficient (Wildman–Crippen LogP) is 6.81. The zero-order valence-corrected chi connectivity index (χ0v) is 26.1. The van der Waals surface area contributed by atoms with Gasteiger partial charge in [-0.2, -0.15) is 13.2 Å². The number of carbonyl (C=O) groups is 2. The Bertz CT molecular complexity index is 1560. The van der Waals surface area contributed by atoms with E-state index in [9.17, 15) is 31.2 Å². The van der Waals surface area contributed by atoms with Crippen LogP contribution in [-0.2, 0) is 38.4 Å². The third-order valence-corrected chi connectivity index (χ3v) is 11.4. The summed E-state index contributed by atoms with van der Waals surface area (Å²) in [5.41, 5.74) is -0.194. The maximum Gasteiger partial charge on any atom is 0.433 e. The van der Waals surface area contributed by atoms with Gasteiger partial charge < -0.3 is 10.1 Å². The number of ether oxygens (including phenoxy) is 1. The Balaban J connectivity index is 1.48. The van der Waals surface area contributed by atoms with E-state index in [0.717, 1.165) is 41.0 Å². The molecule has 1 N–H and O–H groups in total. The molecule has 0 saturated carbocycles. The molecule has 42 heavy (non-hydrogen) atoms. The number of fused-ring (bicyclic) bond motifs is 1. The molecule has 0 saturated heterocycles. The van der Waals surface area contributed by atoms with Crippen molar-refractivity contribution < 1.29 is 35.9 Å². The van der Waals surface area contributed by atoms with Crippen LogP contribution in [0, 0.1) is 11.3 Å². The van der Waals surface area contributed by atoms with Gasteiger partial charge in [0.15, 0.2) is 0 Å². The quantitative estimate of drug-likeness (QED) is 0.191. The Hall–Kier alpha value is -2.84. The molecule has 3 aromatic rings. The first kappa shape index (κ1) is 32.1. The molecule has 228 valence electrons. The molecule has 0 aromatic carbocycles. The van der Waals surface area contributed by atoms with Gasteiger partial charge in [-0.15, -0.1) is 22.7 Å². The second-order valence-corrected chi connectivity index (χ2v) is 14.9. The van der Waals surface area contributed by atoms with Gasteiger partial charge >= 0.3 is 12.1 Å². The van der Waals surface area contributed by atoms with Crippen LogP contribution in [0.5, 0.6) is 0 Å². The third kappa shape index (κ3) is 7.03. The normalized spacial score (nSPS) is 15.7. The van der Waals surface area contributed by atoms with Gasteiger partial charge in [0.2, 0.25) is 20.9 Å². The van der Waals surface area contributed by atoms with Crippen LogP contribution in [0.3, 0.4) is 0 Å². The van der Waals surface area contributed by atoms with Crippen molar-refractivity contribution in [2.45, 2.75) is 70.6 Å². The van der Waals surface area contributed by atoms with Gasteiger partial charge in [0, 0.05) is 11.3 Å². The molecule has 0 unspecified atom stereocenters. The third-order valence-electron chi connectivity index (χ3n) is 7.79. The summed E-state index contributed by atoms with van der Waals surface area (Å²) in [6.07, 6.45) is -1.92. The molecule has 0 spiro atoms. The Morgan fingerprint density at radius 3 is 2.57 bits per heavy atom. The van der Waals surface area contributed by atoms with Crippen molar-refractivity contribution >= 4 is 49.4 Å². The summed E-state index contributed by atoms with van der Waals surface area (Å²) in [5, 5.41) is 3.79. The van der Waals surface area contributed by atoms with Gasteiger partial charge in [-0.25, -0.2) is 23.2 Å². The van der Waals surface area contributed by atoms with Crippen LogP contribution in [0.25, 0.3) is 10.6 Å². The van der Waals surface area contributed by atoms with Gasteiger partial charge in [-0.1, -0.05) is 33.3 Å². The zero-order valence-electron chi connectivity index (χ0n) is 23.6. The molecule has 0 radical (unpaired) electrons. The Kier molecular flexibility index (Phi) is 9.48. The van der Waals surface area contributed by atoms with Crippen molar-refractivity contribution in [3.05, 3.63) is 45.3 Å². The first-order valence-corrected chi connectivity index (χ1v) is 16.8. The molecule has 14 heteroatoms. The van der Waals surface area contributed by atoms with E-state index in [2.05, 4.69) is 36.1 Å². The van der Waals surface area contributed by atoms with Gasteiger partial charge in [0.25, 0.3) is 0 Å². The molecule has 0 fully saturated rings. The van der Waals surface area contributed by atoms with Crippen LogP contribution in [0.4, 0.5) is 18.2 Å². The van der Waals surface area contributed by atoms with Crippen molar-refractivity contribution in [1.29, 1.82) is 0 Å². The summed E-state index contributed by atoms with van der Waals surface area (Å²) in [7, 11) is -3.07. The van der Waals surface area contributed by atoms with E-state index in [0.29, 0.717) is 33.8 Å². The minimum Gasteiger partial charge on any atom is -0.465 e. The first-order chi connectivity index (χ1) is 19.7. The minimum atomic E-state index is -4.87. The number of methoxy groups -OCH3 is 1. The van der Waals surface area contributed by atoms with E-state index in [1.165, 1.54) is 24.5 Å². The fourth-order valence-corrected chi connectivity index (χ4v) is 8.11. The highest BCUT2D eigenvalue weighted by atomic mass is 32.2. The maximum atomic E-state index is 13.5. The molecule has 0 bridgehead atoms. The lowest BCUT2D eigenvalue weighted by molar-refractivity contribution is -0.141. The first-order valence-electron chi connectivity index (χ1n) is 13.4. The summed E-state index contributed by atoms with van der Waals surface area (Å²) in [5.74, 6) is -1.29. The fourth-order valence-electron chi connectivity index (χ4n) is 4.91. The summed E-state index contributed by atoms with van der Waals surface area (Å²) in [6, 6.07) is 3.86. The number of hydrogen-bond donors (Lipinski definition) is 1. The zero-order chi connectivity index (χ0) is 30.9. The monoisotopic (exact) mass is 643 g/mol. The van der Waals surface area contributed by atoms with Crippen molar-refractivity contribution in [3.8, 4) is 10.6 Å². The lowest BCUT2D eigenvalue weighted by atomic mass is 9.69. The number of alkyl halides is 3. The summed E-state index contributed by atoms with van der Waals surface area (Å²) < 4.78 is 71.3. The molecular formula is C28H32F3N3O5S3. The average molecular weight is 644 g/mol. The summed E-state index contributed by atoms with van der Waals surface area (Å²) >= 11 is 2.44. The van der Waals surface area contributed by atoms with Gasteiger partial charge in [-0.3, -0.25) is 4.79 Å². The molecule has 3 heterocycles. The lowest BCUT2D eigenvalue weighted by Gasteiger charge is -2.36. The number of rotatable bonds is 10. The van der Waals surface area contributed by atoms with E-state index in [1.807, 2.05) is 0 Å². The van der Waals surface area contributed by atoms with Crippen LogP contribution >= 0.6 is 22.7 Å². The molecule has 1 aliphatic carbocycles. The van der Waals surface area contributed by atoms with Crippen molar-refractivity contribution in [2.24, 2.45) is 11.3 Å². The van der Waals surface area contributed by atoms with Crippen LogP contribution in [0.1, 0.15) is 72.9 Å². The predicted molar refractivity (Wildman–Crippen MR) is 156 cm³/mol. The molecule has 8 nitrogen and oxygen atoms in total. The standard InChI is InChI=1S/C28H32F3N3O5S3/c1-5-27(2,3)16-10-11-17-20(14-16)41-24(23(17)25(36)39-4)34-22(35)9-7-13-42(37,38)26-32-18(19-8-6-12-40-19)15-21(33-26)28(29,30)31/h6,8,12,15-16H,5,7,9-11,13-14H2,1-4H3,(H,34,35)/t16-/m1/s1.